The summed E-state index contributed by atoms with van der Waals surface area (Å²) in [7, 11) is 1.49. The zero-order valence-corrected chi connectivity index (χ0v) is 11.6. The van der Waals surface area contributed by atoms with Gasteiger partial charge < -0.3 is 15.2 Å². The third-order valence-corrected chi connectivity index (χ3v) is 3.09. The van der Waals surface area contributed by atoms with Crippen molar-refractivity contribution < 1.29 is 14.6 Å². The van der Waals surface area contributed by atoms with Crippen LogP contribution in [-0.2, 0) is 6.61 Å². The van der Waals surface area contributed by atoms with Gasteiger partial charge in [0.25, 0.3) is 5.91 Å². The Balaban J connectivity index is 2.19. The van der Waals surface area contributed by atoms with Crippen LogP contribution in [0.3, 0.4) is 0 Å². The lowest BCUT2D eigenvalue weighted by Crippen LogP contribution is -2.12. The molecule has 0 aliphatic heterocycles. The normalized spacial score (nSPS) is 10.2. The van der Waals surface area contributed by atoms with Gasteiger partial charge >= 0.3 is 0 Å². The molecule has 0 aliphatic carbocycles. The van der Waals surface area contributed by atoms with Crippen molar-refractivity contribution in [2.75, 3.05) is 12.4 Å². The lowest BCUT2D eigenvalue weighted by atomic mass is 10.1. The topological polar surface area (TPSA) is 58.6 Å². The van der Waals surface area contributed by atoms with Gasteiger partial charge in [0.15, 0.2) is 0 Å². The Morgan fingerprint density at radius 3 is 2.80 bits per heavy atom. The van der Waals surface area contributed by atoms with Gasteiger partial charge in [0.2, 0.25) is 0 Å². The maximum atomic E-state index is 12.1. The van der Waals surface area contributed by atoms with E-state index in [2.05, 4.69) is 5.32 Å². The Morgan fingerprint density at radius 2 is 2.10 bits per heavy atom. The van der Waals surface area contributed by atoms with Crippen molar-refractivity contribution in [3.05, 3.63) is 58.6 Å². The van der Waals surface area contributed by atoms with Crippen molar-refractivity contribution in [3.63, 3.8) is 0 Å². The van der Waals surface area contributed by atoms with Crippen LogP contribution in [0.15, 0.2) is 42.5 Å². The molecule has 0 heterocycles. The van der Waals surface area contributed by atoms with E-state index in [0.29, 0.717) is 22.0 Å². The summed E-state index contributed by atoms with van der Waals surface area (Å²) >= 11 is 5.92. The number of benzene rings is 2. The standard InChI is InChI=1S/C15H14ClNO3/c1-20-14-8-11(5-6-13(14)16)15(19)17-12-4-2-3-10(7-12)9-18/h2-8,18H,9H2,1H3,(H,17,19). The molecule has 2 aromatic rings. The number of hydrogen-bond donors (Lipinski definition) is 2. The van der Waals surface area contributed by atoms with Crippen molar-refractivity contribution in [2.45, 2.75) is 6.61 Å². The fourth-order valence-corrected chi connectivity index (χ4v) is 1.95. The monoisotopic (exact) mass is 291 g/mol. The van der Waals surface area contributed by atoms with Gasteiger partial charge in [-0.25, -0.2) is 0 Å². The molecule has 104 valence electrons. The molecule has 0 aliphatic rings. The van der Waals surface area contributed by atoms with Gasteiger partial charge in [-0.15, -0.1) is 0 Å². The molecule has 0 bridgehead atoms. The number of carbonyl (C=O) groups excluding carboxylic acids is 1. The number of carbonyl (C=O) groups is 1. The molecule has 4 nitrogen and oxygen atoms in total. The number of rotatable bonds is 4. The second-order valence-corrected chi connectivity index (χ2v) is 4.57. The number of hydrogen-bond acceptors (Lipinski definition) is 3. The first-order valence-electron chi connectivity index (χ1n) is 5.98. The van der Waals surface area contributed by atoms with Gasteiger partial charge in [-0.05, 0) is 35.9 Å². The molecule has 0 fully saturated rings. The lowest BCUT2D eigenvalue weighted by molar-refractivity contribution is 0.102. The number of aliphatic hydroxyl groups excluding tert-OH is 1. The minimum Gasteiger partial charge on any atom is -0.495 e. The number of aliphatic hydroxyl groups is 1. The molecular formula is C15H14ClNO3. The Labute approximate surface area is 122 Å². The minimum atomic E-state index is -0.268. The Hall–Kier alpha value is -2.04. The van der Waals surface area contributed by atoms with Gasteiger partial charge in [-0.3, -0.25) is 4.79 Å². The van der Waals surface area contributed by atoms with Crippen LogP contribution in [0.25, 0.3) is 0 Å². The highest BCUT2D eigenvalue weighted by Gasteiger charge is 2.09. The summed E-state index contributed by atoms with van der Waals surface area (Å²) in [4.78, 5) is 12.1. The lowest BCUT2D eigenvalue weighted by Gasteiger charge is -2.08. The molecule has 0 saturated carbocycles. The first-order valence-corrected chi connectivity index (χ1v) is 6.36. The van der Waals surface area contributed by atoms with E-state index >= 15 is 0 Å². The molecule has 1 amide bonds. The fraction of sp³-hybridized carbons (Fsp3) is 0.133. The summed E-state index contributed by atoms with van der Waals surface area (Å²) in [6, 6.07) is 11.8. The number of ether oxygens (including phenoxy) is 1. The predicted octanol–water partition coefficient (Wildman–Crippen LogP) is 3.09. The highest BCUT2D eigenvalue weighted by molar-refractivity contribution is 6.32. The number of amides is 1. The Morgan fingerprint density at radius 1 is 1.30 bits per heavy atom. The third kappa shape index (κ3) is 3.29. The molecule has 0 unspecified atom stereocenters. The minimum absolute atomic E-state index is 0.0710. The van der Waals surface area contributed by atoms with Crippen LogP contribution >= 0.6 is 11.6 Å². The second kappa shape index (κ2) is 6.41. The van der Waals surface area contributed by atoms with Crippen molar-refractivity contribution in [2.24, 2.45) is 0 Å². The number of methoxy groups -OCH3 is 1. The van der Waals surface area contributed by atoms with Crippen molar-refractivity contribution >= 4 is 23.2 Å². The van der Waals surface area contributed by atoms with Crippen LogP contribution in [0.2, 0.25) is 5.02 Å². The molecule has 0 atom stereocenters. The summed E-state index contributed by atoms with van der Waals surface area (Å²) in [5.74, 6) is 0.179. The van der Waals surface area contributed by atoms with Crippen LogP contribution in [0.4, 0.5) is 5.69 Å². The summed E-state index contributed by atoms with van der Waals surface area (Å²) in [6.45, 7) is -0.0710. The quantitative estimate of drug-likeness (QED) is 0.910. The zero-order chi connectivity index (χ0) is 14.5. The summed E-state index contributed by atoms with van der Waals surface area (Å²) in [6.07, 6.45) is 0. The number of anilines is 1. The van der Waals surface area contributed by atoms with E-state index in [-0.39, 0.29) is 12.5 Å². The summed E-state index contributed by atoms with van der Waals surface area (Å²) in [5, 5.41) is 12.3. The van der Waals surface area contributed by atoms with Crippen LogP contribution in [-0.4, -0.2) is 18.1 Å². The Bertz CT molecular complexity index is 628. The van der Waals surface area contributed by atoms with Crippen molar-refractivity contribution in [1.29, 1.82) is 0 Å². The Kier molecular flexibility index (Phi) is 4.61. The molecule has 2 N–H and O–H groups in total. The zero-order valence-electron chi connectivity index (χ0n) is 10.9. The largest absolute Gasteiger partial charge is 0.495 e. The molecular weight excluding hydrogens is 278 g/mol. The molecule has 0 aromatic heterocycles. The summed E-state index contributed by atoms with van der Waals surface area (Å²) < 4.78 is 5.08. The average Bonchev–Trinajstić information content (AvgIpc) is 2.47. The highest BCUT2D eigenvalue weighted by atomic mass is 35.5. The molecule has 20 heavy (non-hydrogen) atoms. The molecule has 0 radical (unpaired) electrons. The number of halogens is 1. The molecule has 2 aromatic carbocycles. The van der Waals surface area contributed by atoms with Crippen molar-refractivity contribution in [1.82, 2.24) is 0 Å². The summed E-state index contributed by atoms with van der Waals surface area (Å²) in [5.41, 5.74) is 1.80. The fourth-order valence-electron chi connectivity index (χ4n) is 1.75. The smallest absolute Gasteiger partial charge is 0.255 e. The highest BCUT2D eigenvalue weighted by Crippen LogP contribution is 2.25. The van der Waals surface area contributed by atoms with Gasteiger partial charge in [-0.2, -0.15) is 0 Å². The van der Waals surface area contributed by atoms with Crippen LogP contribution in [0.5, 0.6) is 5.75 Å². The van der Waals surface area contributed by atoms with E-state index in [1.807, 2.05) is 0 Å². The van der Waals surface area contributed by atoms with Crippen LogP contribution in [0, 0.1) is 0 Å². The number of nitrogens with one attached hydrogen (secondary N) is 1. The van der Waals surface area contributed by atoms with Gasteiger partial charge in [0, 0.05) is 11.3 Å². The van der Waals surface area contributed by atoms with E-state index < -0.39 is 0 Å². The molecule has 2 rings (SSSR count). The SMILES string of the molecule is COc1cc(C(=O)Nc2cccc(CO)c2)ccc1Cl. The van der Waals surface area contributed by atoms with E-state index in [1.54, 1.807) is 42.5 Å². The van der Waals surface area contributed by atoms with E-state index in [0.717, 1.165) is 5.56 Å². The van der Waals surface area contributed by atoms with Crippen molar-refractivity contribution in [3.8, 4) is 5.75 Å². The van der Waals surface area contributed by atoms with Gasteiger partial charge in [0.1, 0.15) is 5.75 Å². The van der Waals surface area contributed by atoms with Gasteiger partial charge in [-0.1, -0.05) is 23.7 Å². The molecule has 0 spiro atoms. The second-order valence-electron chi connectivity index (χ2n) is 4.16. The molecule has 5 heteroatoms. The van der Waals surface area contributed by atoms with E-state index in [1.165, 1.54) is 7.11 Å². The predicted molar refractivity (Wildman–Crippen MR) is 78.3 cm³/mol. The van der Waals surface area contributed by atoms with Crippen LogP contribution < -0.4 is 10.1 Å². The average molecular weight is 292 g/mol. The molecule has 0 saturated heterocycles. The van der Waals surface area contributed by atoms with E-state index in [9.17, 15) is 4.79 Å². The maximum absolute atomic E-state index is 12.1. The first-order chi connectivity index (χ1) is 9.63. The van der Waals surface area contributed by atoms with E-state index in [4.69, 9.17) is 21.4 Å². The third-order valence-electron chi connectivity index (χ3n) is 2.78. The van der Waals surface area contributed by atoms with Crippen LogP contribution in [0.1, 0.15) is 15.9 Å². The maximum Gasteiger partial charge on any atom is 0.255 e. The first kappa shape index (κ1) is 14.4. The van der Waals surface area contributed by atoms with Gasteiger partial charge in [0.05, 0.1) is 18.7 Å².